The molecule has 4 heterocycles. The first-order chi connectivity index (χ1) is 15.5. The lowest BCUT2D eigenvalue weighted by atomic mass is 10.0. The number of hydrogen-bond donors (Lipinski definition) is 3. The molecule has 3 N–H and O–H groups in total. The molecule has 3 atom stereocenters. The molecule has 0 unspecified atom stereocenters. The van der Waals surface area contributed by atoms with Gasteiger partial charge in [0.05, 0.1) is 30.2 Å². The van der Waals surface area contributed by atoms with Crippen molar-refractivity contribution in [3.05, 3.63) is 47.4 Å². The van der Waals surface area contributed by atoms with Gasteiger partial charge in [-0.15, -0.1) is 0 Å². The highest BCUT2D eigenvalue weighted by molar-refractivity contribution is 6.07. The number of halogens is 2. The lowest BCUT2D eigenvalue weighted by Gasteiger charge is -2.29. The first kappa shape index (κ1) is 20.7. The monoisotopic (exact) mass is 444 g/mol. The Morgan fingerprint density at radius 2 is 2.16 bits per heavy atom. The van der Waals surface area contributed by atoms with Gasteiger partial charge in [0, 0.05) is 18.7 Å². The Hall–Kier alpha value is -3.18. The predicted octanol–water partition coefficient (Wildman–Crippen LogP) is 2.17. The lowest BCUT2D eigenvalue weighted by molar-refractivity contribution is 0.00308. The van der Waals surface area contributed by atoms with Gasteiger partial charge < -0.3 is 20.1 Å². The van der Waals surface area contributed by atoms with Crippen molar-refractivity contribution in [2.24, 2.45) is 0 Å². The highest BCUT2D eigenvalue weighted by Crippen LogP contribution is 2.36. The zero-order chi connectivity index (χ0) is 22.2. The Kier molecular flexibility index (Phi) is 5.43. The lowest BCUT2D eigenvalue weighted by Crippen LogP contribution is -2.42. The number of anilines is 1. The van der Waals surface area contributed by atoms with E-state index in [0.717, 1.165) is 18.2 Å². The summed E-state index contributed by atoms with van der Waals surface area (Å²) in [6, 6.07) is 2.27. The molecule has 5 rings (SSSR count). The number of amides is 1. The van der Waals surface area contributed by atoms with Gasteiger partial charge in [-0.25, -0.2) is 18.7 Å². The van der Waals surface area contributed by atoms with Crippen LogP contribution in [0, 0.1) is 11.6 Å². The summed E-state index contributed by atoms with van der Waals surface area (Å²) >= 11 is 0. The number of aromatic amines is 1. The summed E-state index contributed by atoms with van der Waals surface area (Å²) in [6.07, 6.45) is 2.35. The van der Waals surface area contributed by atoms with E-state index in [1.807, 2.05) is 0 Å². The van der Waals surface area contributed by atoms with Crippen molar-refractivity contribution in [1.82, 2.24) is 25.1 Å². The summed E-state index contributed by atoms with van der Waals surface area (Å²) in [5, 5.41) is 20.6. The fourth-order valence-corrected chi connectivity index (χ4v) is 4.41. The molecule has 0 radical (unpaired) electrons. The maximum atomic E-state index is 14.4. The van der Waals surface area contributed by atoms with E-state index in [0.29, 0.717) is 50.2 Å². The number of aromatic nitrogens is 4. The number of nitrogens with one attached hydrogen (secondary N) is 2. The van der Waals surface area contributed by atoms with Crippen LogP contribution in [-0.2, 0) is 4.74 Å². The van der Waals surface area contributed by atoms with E-state index in [-0.39, 0.29) is 16.9 Å². The third kappa shape index (κ3) is 3.67. The number of aliphatic hydroxyl groups is 1. The molecule has 32 heavy (non-hydrogen) atoms. The summed E-state index contributed by atoms with van der Waals surface area (Å²) in [7, 11) is 0. The first-order valence-corrected chi connectivity index (χ1v) is 10.5. The Morgan fingerprint density at radius 3 is 3.00 bits per heavy atom. The number of carbonyl (C=O) groups excluding carboxylic acids is 1. The zero-order valence-electron chi connectivity index (χ0n) is 17.1. The van der Waals surface area contributed by atoms with Crippen LogP contribution in [0.25, 0.3) is 11.0 Å². The normalized spacial score (nSPS) is 23.6. The minimum atomic E-state index is -0.626. The van der Waals surface area contributed by atoms with E-state index in [1.54, 1.807) is 0 Å². The number of ether oxygens (including phenoxy) is 1. The SMILES string of the molecule is O=C(c1[nH]nc2ncnc(N[C@@H]3COCC[C@H]3O)c12)N1CCC[C@@H]1c1cc(F)ccc1F. The topological polar surface area (TPSA) is 116 Å². The van der Waals surface area contributed by atoms with E-state index in [2.05, 4.69) is 25.5 Å². The summed E-state index contributed by atoms with van der Waals surface area (Å²) in [5.74, 6) is -1.17. The van der Waals surface area contributed by atoms with Gasteiger partial charge >= 0.3 is 0 Å². The average molecular weight is 444 g/mol. The Bertz CT molecular complexity index is 1160. The second-order valence-electron chi connectivity index (χ2n) is 8.02. The first-order valence-electron chi connectivity index (χ1n) is 10.5. The Balaban J connectivity index is 1.49. The molecule has 0 spiro atoms. The van der Waals surface area contributed by atoms with Crippen LogP contribution in [0.4, 0.5) is 14.6 Å². The quantitative estimate of drug-likeness (QED) is 0.565. The van der Waals surface area contributed by atoms with Crippen LogP contribution in [0.1, 0.15) is 41.4 Å². The molecular formula is C21H22F2N6O3. The molecule has 168 valence electrons. The molecule has 1 aromatic carbocycles. The number of H-pyrrole nitrogens is 1. The predicted molar refractivity (Wildman–Crippen MR) is 110 cm³/mol. The van der Waals surface area contributed by atoms with Gasteiger partial charge in [0.25, 0.3) is 5.91 Å². The van der Waals surface area contributed by atoms with Crippen molar-refractivity contribution in [2.75, 3.05) is 25.1 Å². The van der Waals surface area contributed by atoms with Crippen LogP contribution in [-0.4, -0.2) is 68.0 Å². The molecule has 9 nitrogen and oxygen atoms in total. The van der Waals surface area contributed by atoms with Crippen LogP contribution < -0.4 is 5.32 Å². The van der Waals surface area contributed by atoms with Crippen molar-refractivity contribution in [1.29, 1.82) is 0 Å². The highest BCUT2D eigenvalue weighted by atomic mass is 19.1. The zero-order valence-corrected chi connectivity index (χ0v) is 17.1. The minimum absolute atomic E-state index is 0.150. The van der Waals surface area contributed by atoms with E-state index in [4.69, 9.17) is 4.74 Å². The number of rotatable bonds is 4. The molecule has 1 amide bonds. The fourth-order valence-electron chi connectivity index (χ4n) is 4.41. The van der Waals surface area contributed by atoms with E-state index in [9.17, 15) is 18.7 Å². The van der Waals surface area contributed by atoms with E-state index in [1.165, 1.54) is 11.2 Å². The van der Waals surface area contributed by atoms with E-state index >= 15 is 0 Å². The number of hydrogen-bond acceptors (Lipinski definition) is 7. The van der Waals surface area contributed by atoms with Crippen molar-refractivity contribution in [3.63, 3.8) is 0 Å². The van der Waals surface area contributed by atoms with Crippen LogP contribution in [0.2, 0.25) is 0 Å². The minimum Gasteiger partial charge on any atom is -0.391 e. The number of aliphatic hydroxyl groups excluding tert-OH is 1. The average Bonchev–Trinajstić information content (AvgIpc) is 3.44. The smallest absolute Gasteiger partial charge is 0.273 e. The molecule has 2 saturated heterocycles. The van der Waals surface area contributed by atoms with Gasteiger partial charge in [-0.3, -0.25) is 9.89 Å². The number of carbonyl (C=O) groups is 1. The summed E-state index contributed by atoms with van der Waals surface area (Å²) in [5.41, 5.74) is 0.583. The van der Waals surface area contributed by atoms with Crippen molar-refractivity contribution >= 4 is 22.8 Å². The fraction of sp³-hybridized carbons (Fsp3) is 0.429. The maximum Gasteiger partial charge on any atom is 0.273 e. The second-order valence-corrected chi connectivity index (χ2v) is 8.02. The summed E-state index contributed by atoms with van der Waals surface area (Å²) in [4.78, 5) is 23.4. The highest BCUT2D eigenvalue weighted by Gasteiger charge is 2.35. The molecule has 0 aliphatic carbocycles. The Morgan fingerprint density at radius 1 is 1.28 bits per heavy atom. The number of fused-ring (bicyclic) bond motifs is 1. The summed E-state index contributed by atoms with van der Waals surface area (Å²) in [6.45, 7) is 1.16. The van der Waals surface area contributed by atoms with Gasteiger partial charge in [-0.1, -0.05) is 0 Å². The number of benzene rings is 1. The largest absolute Gasteiger partial charge is 0.391 e. The third-order valence-corrected chi connectivity index (χ3v) is 6.04. The molecule has 0 saturated carbocycles. The van der Waals surface area contributed by atoms with Gasteiger partial charge in [0.2, 0.25) is 0 Å². The molecule has 2 aliphatic heterocycles. The van der Waals surface area contributed by atoms with Crippen LogP contribution in [0.5, 0.6) is 0 Å². The van der Waals surface area contributed by atoms with Crippen molar-refractivity contribution in [2.45, 2.75) is 37.5 Å². The summed E-state index contributed by atoms with van der Waals surface area (Å²) < 4.78 is 33.6. The molecule has 2 aliphatic rings. The Labute approximate surface area is 181 Å². The molecular weight excluding hydrogens is 422 g/mol. The van der Waals surface area contributed by atoms with Crippen LogP contribution in [0.3, 0.4) is 0 Å². The van der Waals surface area contributed by atoms with Gasteiger partial charge in [0.1, 0.15) is 29.5 Å². The molecule has 2 aromatic heterocycles. The van der Waals surface area contributed by atoms with Gasteiger partial charge in [0.15, 0.2) is 5.65 Å². The molecule has 11 heteroatoms. The van der Waals surface area contributed by atoms with Crippen LogP contribution >= 0.6 is 0 Å². The molecule has 0 bridgehead atoms. The maximum absolute atomic E-state index is 14.4. The number of nitrogens with zero attached hydrogens (tertiary/aromatic N) is 4. The van der Waals surface area contributed by atoms with Crippen LogP contribution in [0.15, 0.2) is 24.5 Å². The van der Waals surface area contributed by atoms with Gasteiger partial charge in [-0.05, 0) is 37.5 Å². The molecule has 3 aromatic rings. The van der Waals surface area contributed by atoms with Crippen molar-refractivity contribution < 1.29 is 23.4 Å². The third-order valence-electron chi connectivity index (χ3n) is 6.04. The molecule has 2 fully saturated rings. The standard InChI is InChI=1S/C21H22F2N6O3/c22-11-3-4-13(23)12(8-11)15-2-1-6-29(15)21(31)18-17-19(24-10-25-20(17)28-27-18)26-14-9-32-7-5-16(14)30/h3-4,8,10,14-16,30H,1-2,5-7,9H2,(H2,24,25,26,27,28)/t14-,15-,16-/m1/s1. The number of likely N-dealkylation sites (tertiary alicyclic amines) is 1. The second kappa shape index (κ2) is 8.40. The van der Waals surface area contributed by atoms with Crippen molar-refractivity contribution in [3.8, 4) is 0 Å². The van der Waals surface area contributed by atoms with Gasteiger partial charge in [-0.2, -0.15) is 5.10 Å². The van der Waals surface area contributed by atoms with E-state index < -0.39 is 35.7 Å².